The molecule has 2 fully saturated rings. The van der Waals surface area contributed by atoms with Crippen molar-refractivity contribution in [3.05, 3.63) is 45.5 Å². The number of halogens is 2. The van der Waals surface area contributed by atoms with Crippen LogP contribution in [0, 0.1) is 0 Å². The van der Waals surface area contributed by atoms with E-state index >= 15 is 0 Å². The van der Waals surface area contributed by atoms with Crippen molar-refractivity contribution in [1.82, 2.24) is 10.1 Å². The van der Waals surface area contributed by atoms with Gasteiger partial charge in [0.25, 0.3) is 0 Å². The van der Waals surface area contributed by atoms with E-state index in [4.69, 9.17) is 33.5 Å². The van der Waals surface area contributed by atoms with Gasteiger partial charge in [-0.25, -0.2) is 0 Å². The first-order chi connectivity index (χ1) is 10.1. The Labute approximate surface area is 132 Å². The van der Waals surface area contributed by atoms with Crippen LogP contribution in [-0.4, -0.2) is 10.1 Å². The van der Waals surface area contributed by atoms with E-state index in [1.807, 2.05) is 12.1 Å². The number of aromatic nitrogens is 2. The maximum Gasteiger partial charge on any atom is 0.230 e. The number of benzene rings is 1. The largest absolute Gasteiger partial charge is 0.339 e. The van der Waals surface area contributed by atoms with E-state index in [2.05, 4.69) is 10.1 Å². The van der Waals surface area contributed by atoms with Crippen LogP contribution in [0.5, 0.6) is 0 Å². The van der Waals surface area contributed by atoms with Gasteiger partial charge in [-0.05, 0) is 43.2 Å². The number of hydrogen-bond donors (Lipinski definition) is 1. The first kappa shape index (κ1) is 13.6. The van der Waals surface area contributed by atoms with Gasteiger partial charge in [-0.3, -0.25) is 0 Å². The van der Waals surface area contributed by atoms with Gasteiger partial charge in [-0.2, -0.15) is 4.98 Å². The standard InChI is InChI=1S/C15H15Cl2N3O/c16-11-4-1-3-8(12(11)17)9-7-10(9)13-19-14(20-21-13)15(18)5-2-6-15/h1,3-4,9-10H,2,5-7,18H2. The lowest BCUT2D eigenvalue weighted by Crippen LogP contribution is -2.44. The van der Waals surface area contributed by atoms with E-state index in [-0.39, 0.29) is 11.5 Å². The molecule has 2 saturated carbocycles. The highest BCUT2D eigenvalue weighted by molar-refractivity contribution is 6.42. The predicted octanol–water partition coefficient (Wildman–Crippen LogP) is 3.99. The van der Waals surface area contributed by atoms with E-state index in [1.165, 1.54) is 0 Å². The van der Waals surface area contributed by atoms with Crippen molar-refractivity contribution in [2.24, 2.45) is 5.73 Å². The zero-order valence-electron chi connectivity index (χ0n) is 11.4. The van der Waals surface area contributed by atoms with Gasteiger partial charge < -0.3 is 10.3 Å². The van der Waals surface area contributed by atoms with Crippen molar-refractivity contribution in [1.29, 1.82) is 0 Å². The molecule has 2 aliphatic carbocycles. The van der Waals surface area contributed by atoms with Gasteiger partial charge >= 0.3 is 0 Å². The lowest BCUT2D eigenvalue weighted by molar-refractivity contribution is 0.229. The predicted molar refractivity (Wildman–Crippen MR) is 80.6 cm³/mol. The first-order valence-corrected chi connectivity index (χ1v) is 7.91. The summed E-state index contributed by atoms with van der Waals surface area (Å²) < 4.78 is 5.42. The molecule has 1 aromatic heterocycles. The Morgan fingerprint density at radius 3 is 2.76 bits per heavy atom. The Hall–Kier alpha value is -1.10. The molecular weight excluding hydrogens is 309 g/mol. The van der Waals surface area contributed by atoms with Crippen molar-refractivity contribution in [3.63, 3.8) is 0 Å². The van der Waals surface area contributed by atoms with E-state index in [0.29, 0.717) is 27.7 Å². The van der Waals surface area contributed by atoms with Crippen LogP contribution in [0.1, 0.15) is 54.8 Å². The topological polar surface area (TPSA) is 64.9 Å². The summed E-state index contributed by atoms with van der Waals surface area (Å²) in [5.74, 6) is 1.85. The molecule has 2 atom stereocenters. The minimum absolute atomic E-state index is 0.228. The van der Waals surface area contributed by atoms with Crippen LogP contribution in [-0.2, 0) is 5.54 Å². The van der Waals surface area contributed by atoms with Gasteiger partial charge in [0.05, 0.1) is 15.6 Å². The SMILES string of the molecule is NC1(c2noc(C3CC3c3cccc(Cl)c3Cl)n2)CCC1. The van der Waals surface area contributed by atoms with Gasteiger partial charge in [0, 0.05) is 5.92 Å². The minimum Gasteiger partial charge on any atom is -0.339 e. The van der Waals surface area contributed by atoms with Crippen molar-refractivity contribution >= 4 is 23.2 Å². The van der Waals surface area contributed by atoms with Crippen LogP contribution in [0.4, 0.5) is 0 Å². The van der Waals surface area contributed by atoms with Gasteiger partial charge in [0.2, 0.25) is 5.89 Å². The third-order valence-electron chi connectivity index (χ3n) is 4.62. The highest BCUT2D eigenvalue weighted by Crippen LogP contribution is 2.56. The molecule has 4 rings (SSSR count). The zero-order chi connectivity index (χ0) is 14.6. The molecule has 0 aliphatic heterocycles. The summed E-state index contributed by atoms with van der Waals surface area (Å²) in [5.41, 5.74) is 6.90. The minimum atomic E-state index is -0.375. The molecule has 21 heavy (non-hydrogen) atoms. The van der Waals surface area contributed by atoms with Gasteiger partial charge in [-0.1, -0.05) is 40.5 Å². The lowest BCUT2D eigenvalue weighted by Gasteiger charge is -2.34. The summed E-state index contributed by atoms with van der Waals surface area (Å²) in [4.78, 5) is 4.52. The fraction of sp³-hybridized carbons (Fsp3) is 0.467. The summed E-state index contributed by atoms with van der Waals surface area (Å²) in [5, 5.41) is 5.28. The maximum absolute atomic E-state index is 6.27. The van der Waals surface area contributed by atoms with Crippen LogP contribution >= 0.6 is 23.2 Å². The van der Waals surface area contributed by atoms with Gasteiger partial charge in [0.15, 0.2) is 5.82 Å². The Morgan fingerprint density at radius 1 is 1.24 bits per heavy atom. The quantitative estimate of drug-likeness (QED) is 0.927. The van der Waals surface area contributed by atoms with E-state index in [0.717, 1.165) is 31.2 Å². The molecular formula is C15H15Cl2N3O. The van der Waals surface area contributed by atoms with Crippen molar-refractivity contribution in [2.45, 2.75) is 43.1 Å². The fourth-order valence-electron chi connectivity index (χ4n) is 2.99. The van der Waals surface area contributed by atoms with Crippen molar-refractivity contribution in [2.75, 3.05) is 0 Å². The van der Waals surface area contributed by atoms with E-state index in [9.17, 15) is 0 Å². The van der Waals surface area contributed by atoms with Gasteiger partial charge in [0.1, 0.15) is 0 Å². The Bertz CT molecular complexity index is 696. The van der Waals surface area contributed by atoms with Crippen molar-refractivity contribution in [3.8, 4) is 0 Å². The Balaban J connectivity index is 1.56. The average Bonchev–Trinajstić information content (AvgIpc) is 3.07. The molecule has 2 aromatic rings. The summed E-state index contributed by atoms with van der Waals surface area (Å²) in [7, 11) is 0. The molecule has 1 aromatic carbocycles. The number of hydrogen-bond acceptors (Lipinski definition) is 4. The highest BCUT2D eigenvalue weighted by Gasteiger charge is 2.46. The molecule has 6 heteroatoms. The highest BCUT2D eigenvalue weighted by atomic mass is 35.5. The number of rotatable bonds is 3. The Kier molecular flexibility index (Phi) is 3.03. The molecule has 0 amide bonds. The second-order valence-corrected chi connectivity index (χ2v) is 6.84. The molecule has 2 aliphatic rings. The second-order valence-electron chi connectivity index (χ2n) is 6.06. The maximum atomic E-state index is 6.27. The number of nitrogens with zero attached hydrogens (tertiary/aromatic N) is 2. The smallest absolute Gasteiger partial charge is 0.230 e. The number of nitrogens with two attached hydrogens (primary N) is 1. The van der Waals surface area contributed by atoms with Crippen LogP contribution in [0.2, 0.25) is 10.0 Å². The van der Waals surface area contributed by atoms with Crippen LogP contribution in [0.3, 0.4) is 0 Å². The normalized spacial score (nSPS) is 26.4. The molecule has 0 spiro atoms. The zero-order valence-corrected chi connectivity index (χ0v) is 12.9. The third kappa shape index (κ3) is 2.17. The van der Waals surface area contributed by atoms with Crippen LogP contribution in [0.15, 0.2) is 22.7 Å². The molecule has 2 N–H and O–H groups in total. The van der Waals surface area contributed by atoms with E-state index in [1.54, 1.807) is 6.07 Å². The van der Waals surface area contributed by atoms with Crippen molar-refractivity contribution < 1.29 is 4.52 Å². The molecule has 2 unspecified atom stereocenters. The summed E-state index contributed by atoms with van der Waals surface area (Å²) in [6.07, 6.45) is 3.95. The summed E-state index contributed by atoms with van der Waals surface area (Å²) >= 11 is 12.3. The monoisotopic (exact) mass is 323 g/mol. The lowest BCUT2D eigenvalue weighted by atomic mass is 9.77. The molecule has 110 valence electrons. The van der Waals surface area contributed by atoms with Crippen LogP contribution in [0.25, 0.3) is 0 Å². The van der Waals surface area contributed by atoms with Crippen LogP contribution < -0.4 is 5.73 Å². The molecule has 0 bridgehead atoms. The Morgan fingerprint density at radius 2 is 2.05 bits per heavy atom. The molecule has 1 heterocycles. The van der Waals surface area contributed by atoms with Gasteiger partial charge in [-0.15, -0.1) is 0 Å². The first-order valence-electron chi connectivity index (χ1n) is 7.15. The fourth-order valence-corrected chi connectivity index (χ4v) is 3.44. The van der Waals surface area contributed by atoms with E-state index < -0.39 is 0 Å². The molecule has 4 nitrogen and oxygen atoms in total. The molecule has 0 radical (unpaired) electrons. The summed E-state index contributed by atoms with van der Waals surface area (Å²) in [6, 6.07) is 5.72. The second kappa shape index (κ2) is 4.70. The average molecular weight is 324 g/mol. The summed E-state index contributed by atoms with van der Waals surface area (Å²) in [6.45, 7) is 0. The third-order valence-corrected chi connectivity index (χ3v) is 5.45. The molecule has 0 saturated heterocycles.